The van der Waals surface area contributed by atoms with E-state index >= 15 is 0 Å². The highest BCUT2D eigenvalue weighted by molar-refractivity contribution is 6.30. The second-order valence-electron chi connectivity index (χ2n) is 7.59. The van der Waals surface area contributed by atoms with Crippen LogP contribution in [0.5, 0.6) is 11.5 Å². The Morgan fingerprint density at radius 2 is 1.55 bits per heavy atom. The van der Waals surface area contributed by atoms with Gasteiger partial charge in [0.1, 0.15) is 16.7 Å². The third kappa shape index (κ3) is 5.14. The summed E-state index contributed by atoms with van der Waals surface area (Å²) in [5, 5.41) is 0.165. The molecule has 0 saturated heterocycles. The van der Waals surface area contributed by atoms with Crippen molar-refractivity contribution < 1.29 is 14.3 Å². The van der Waals surface area contributed by atoms with Crippen molar-refractivity contribution in [3.05, 3.63) is 86.6 Å². The number of hydrogen-bond donors (Lipinski definition) is 0. The van der Waals surface area contributed by atoms with Crippen molar-refractivity contribution in [2.45, 2.75) is 26.8 Å². The molecule has 1 aromatic heterocycles. The lowest BCUT2D eigenvalue weighted by atomic mass is 10.1. The fourth-order valence-electron chi connectivity index (χ4n) is 3.26. The molecule has 3 aromatic rings. The first-order valence-electron chi connectivity index (χ1n) is 9.95. The number of benzene rings is 2. The highest BCUT2D eigenvalue weighted by Crippen LogP contribution is 2.20. The van der Waals surface area contributed by atoms with Crippen LogP contribution in [0.2, 0.25) is 5.15 Å². The smallest absolute Gasteiger partial charge is 0.281 e. The molecule has 0 aliphatic heterocycles. The molecule has 0 N–H and O–H groups in total. The van der Waals surface area contributed by atoms with Crippen molar-refractivity contribution in [1.82, 2.24) is 9.55 Å². The van der Waals surface area contributed by atoms with Crippen LogP contribution in [0, 0.1) is 5.92 Å². The van der Waals surface area contributed by atoms with Gasteiger partial charge in [0.25, 0.3) is 5.56 Å². The molecule has 0 aliphatic rings. The Bertz CT molecular complexity index is 1120. The lowest BCUT2D eigenvalue weighted by Crippen LogP contribution is -2.32. The minimum atomic E-state index is -0.478. The van der Waals surface area contributed by atoms with E-state index in [9.17, 15) is 9.59 Å². The fourth-order valence-corrected chi connectivity index (χ4v) is 3.52. The molecule has 7 heteroatoms. The topological polar surface area (TPSA) is 70.4 Å². The highest BCUT2D eigenvalue weighted by atomic mass is 35.5. The van der Waals surface area contributed by atoms with Gasteiger partial charge in [0.2, 0.25) is 5.78 Å². The van der Waals surface area contributed by atoms with E-state index in [1.807, 2.05) is 38.1 Å². The van der Waals surface area contributed by atoms with Gasteiger partial charge in [-0.3, -0.25) is 9.59 Å². The molecule has 0 fully saturated rings. The number of carbonyl (C=O) groups excluding carboxylic acids is 1. The molecule has 31 heavy (non-hydrogen) atoms. The van der Waals surface area contributed by atoms with Crippen molar-refractivity contribution in [2.24, 2.45) is 5.92 Å². The van der Waals surface area contributed by atoms with Gasteiger partial charge in [0.05, 0.1) is 26.5 Å². The number of ether oxygens (including phenoxy) is 2. The largest absolute Gasteiger partial charge is 0.497 e. The maximum absolute atomic E-state index is 13.4. The minimum Gasteiger partial charge on any atom is -0.497 e. The molecular formula is C24H25ClN2O4. The second-order valence-corrected chi connectivity index (χ2v) is 7.95. The van der Waals surface area contributed by atoms with Crippen LogP contribution in [0.1, 0.15) is 41.2 Å². The number of rotatable bonds is 8. The number of methoxy groups -OCH3 is 2. The van der Waals surface area contributed by atoms with Crippen LogP contribution in [0.15, 0.2) is 53.3 Å². The molecule has 6 nitrogen and oxygen atoms in total. The number of halogens is 1. The van der Waals surface area contributed by atoms with Gasteiger partial charge in [-0.25, -0.2) is 4.98 Å². The Kier molecular flexibility index (Phi) is 7.13. The summed E-state index contributed by atoms with van der Waals surface area (Å²) in [5.41, 5.74) is 1.18. The van der Waals surface area contributed by atoms with Crippen LogP contribution < -0.4 is 15.0 Å². The SMILES string of the molecule is COc1ccc(Cn2c(CC(C)C)c(Cl)nc(C(=O)c3ccc(OC)cc3)c2=O)cc1. The fraction of sp³-hybridized carbons (Fsp3) is 0.292. The van der Waals surface area contributed by atoms with Crippen molar-refractivity contribution in [3.63, 3.8) is 0 Å². The molecule has 0 atom stereocenters. The Morgan fingerprint density at radius 1 is 1.00 bits per heavy atom. The van der Waals surface area contributed by atoms with Gasteiger partial charge in [0, 0.05) is 5.56 Å². The zero-order chi connectivity index (χ0) is 22.5. The molecule has 3 rings (SSSR count). The Balaban J connectivity index is 2.08. The number of nitrogens with zero attached hydrogens (tertiary/aromatic N) is 2. The van der Waals surface area contributed by atoms with Crippen molar-refractivity contribution in [3.8, 4) is 11.5 Å². The van der Waals surface area contributed by atoms with Gasteiger partial charge >= 0.3 is 0 Å². The first-order valence-corrected chi connectivity index (χ1v) is 10.3. The van der Waals surface area contributed by atoms with Crippen LogP contribution in [-0.4, -0.2) is 29.6 Å². The summed E-state index contributed by atoms with van der Waals surface area (Å²) in [6.07, 6.45) is 0.564. The summed E-state index contributed by atoms with van der Waals surface area (Å²) in [4.78, 5) is 30.6. The van der Waals surface area contributed by atoms with E-state index in [0.29, 0.717) is 23.4 Å². The zero-order valence-electron chi connectivity index (χ0n) is 18.0. The van der Waals surface area contributed by atoms with Crippen LogP contribution in [0.4, 0.5) is 0 Å². The predicted molar refractivity (Wildman–Crippen MR) is 121 cm³/mol. The number of carbonyl (C=O) groups is 1. The molecule has 0 unspecified atom stereocenters. The van der Waals surface area contributed by atoms with Crippen LogP contribution >= 0.6 is 11.6 Å². The molecule has 2 aromatic carbocycles. The normalized spacial score (nSPS) is 10.9. The summed E-state index contributed by atoms with van der Waals surface area (Å²) in [6.45, 7) is 4.35. The van der Waals surface area contributed by atoms with Crippen LogP contribution in [0.3, 0.4) is 0 Å². The lowest BCUT2D eigenvalue weighted by molar-refractivity contribution is 0.103. The third-order valence-corrected chi connectivity index (χ3v) is 5.19. The van der Waals surface area contributed by atoms with Crippen molar-refractivity contribution in [2.75, 3.05) is 14.2 Å². The number of aromatic nitrogens is 2. The van der Waals surface area contributed by atoms with E-state index in [2.05, 4.69) is 4.98 Å². The highest BCUT2D eigenvalue weighted by Gasteiger charge is 2.22. The van der Waals surface area contributed by atoms with E-state index in [0.717, 1.165) is 11.3 Å². The van der Waals surface area contributed by atoms with Crippen LogP contribution in [0.25, 0.3) is 0 Å². The summed E-state index contributed by atoms with van der Waals surface area (Å²) in [5.74, 6) is 1.12. The van der Waals surface area contributed by atoms with Gasteiger partial charge in [-0.2, -0.15) is 0 Å². The van der Waals surface area contributed by atoms with Gasteiger partial charge in [-0.15, -0.1) is 0 Å². The second kappa shape index (κ2) is 9.79. The van der Waals surface area contributed by atoms with E-state index in [-0.39, 0.29) is 23.3 Å². The van der Waals surface area contributed by atoms with Gasteiger partial charge < -0.3 is 14.0 Å². The Labute approximate surface area is 186 Å². The quantitative estimate of drug-likeness (QED) is 0.486. The number of hydrogen-bond acceptors (Lipinski definition) is 5. The molecule has 0 spiro atoms. The third-order valence-electron chi connectivity index (χ3n) is 4.89. The summed E-state index contributed by atoms with van der Waals surface area (Å²) < 4.78 is 11.9. The molecule has 0 bridgehead atoms. The monoisotopic (exact) mass is 440 g/mol. The maximum atomic E-state index is 13.4. The van der Waals surface area contributed by atoms with Crippen molar-refractivity contribution in [1.29, 1.82) is 0 Å². The van der Waals surface area contributed by atoms with E-state index in [1.165, 1.54) is 0 Å². The summed E-state index contributed by atoms with van der Waals surface area (Å²) in [7, 11) is 3.14. The first kappa shape index (κ1) is 22.6. The Morgan fingerprint density at radius 3 is 2.06 bits per heavy atom. The molecule has 0 amide bonds. The van der Waals surface area contributed by atoms with E-state index < -0.39 is 11.3 Å². The molecule has 1 heterocycles. The first-order chi connectivity index (χ1) is 14.8. The average molecular weight is 441 g/mol. The maximum Gasteiger partial charge on any atom is 0.281 e. The van der Waals surface area contributed by atoms with E-state index in [4.69, 9.17) is 21.1 Å². The predicted octanol–water partition coefficient (Wildman–Crippen LogP) is 4.39. The summed E-state index contributed by atoms with van der Waals surface area (Å²) in [6, 6.07) is 13.9. The van der Waals surface area contributed by atoms with E-state index in [1.54, 1.807) is 43.1 Å². The molecule has 162 valence electrons. The van der Waals surface area contributed by atoms with Crippen molar-refractivity contribution >= 4 is 17.4 Å². The minimum absolute atomic E-state index is 0.165. The Hall–Kier alpha value is -3.12. The average Bonchev–Trinajstić information content (AvgIpc) is 2.78. The molecule has 0 saturated carbocycles. The lowest BCUT2D eigenvalue weighted by Gasteiger charge is -2.17. The summed E-state index contributed by atoms with van der Waals surface area (Å²) >= 11 is 6.48. The molecular weight excluding hydrogens is 416 g/mol. The van der Waals surface area contributed by atoms with Gasteiger partial charge in [-0.05, 0) is 54.3 Å². The zero-order valence-corrected chi connectivity index (χ0v) is 18.8. The van der Waals surface area contributed by atoms with Crippen LogP contribution in [-0.2, 0) is 13.0 Å². The standard InChI is InChI=1S/C24H25ClN2O4/c1-15(2)13-20-23(25)26-21(22(28)17-7-11-19(31-4)12-8-17)24(29)27(20)14-16-5-9-18(30-3)10-6-16/h5-12,15H,13-14H2,1-4H3. The molecule has 0 aliphatic carbocycles. The number of ketones is 1. The van der Waals surface area contributed by atoms with Gasteiger partial charge in [0.15, 0.2) is 5.69 Å². The molecule has 0 radical (unpaired) electrons. The van der Waals surface area contributed by atoms with Gasteiger partial charge in [-0.1, -0.05) is 37.6 Å².